The monoisotopic (exact) mass is 634 g/mol. The summed E-state index contributed by atoms with van der Waals surface area (Å²) in [6, 6.07) is 5.50. The van der Waals surface area contributed by atoms with Gasteiger partial charge in [-0.3, -0.25) is 4.79 Å². The zero-order chi connectivity index (χ0) is 32.7. The molecule has 1 saturated heterocycles. The third-order valence-corrected chi connectivity index (χ3v) is 7.57. The number of amides is 1. The summed E-state index contributed by atoms with van der Waals surface area (Å²) in [6.07, 6.45) is -6.71. The van der Waals surface area contributed by atoms with Crippen LogP contribution in [0, 0.1) is 5.92 Å². The smallest absolute Gasteiger partial charge is 0.475 e. The Morgan fingerprint density at radius 2 is 1.57 bits per heavy atom. The molecule has 1 aliphatic heterocycles. The Balaban J connectivity index is 0.000000676. The number of nitrogens with zero attached hydrogens (tertiary/aromatic N) is 6. The summed E-state index contributed by atoms with van der Waals surface area (Å²) < 4.78 is 71.5. The van der Waals surface area contributed by atoms with Gasteiger partial charge in [0, 0.05) is 58.8 Å². The van der Waals surface area contributed by atoms with E-state index in [1.165, 1.54) is 12.1 Å². The molecule has 1 amide bonds. The second-order valence-electron chi connectivity index (χ2n) is 10.6. The lowest BCUT2D eigenvalue weighted by molar-refractivity contribution is -0.192. The number of likely N-dealkylation sites (N-methyl/N-ethyl adjacent to an activating group) is 1. The summed E-state index contributed by atoms with van der Waals surface area (Å²) in [4.78, 5) is 42.0. The number of anilines is 3. The maximum atomic E-state index is 13.2. The Kier molecular flexibility index (Phi) is 11.6. The van der Waals surface area contributed by atoms with Crippen LogP contribution in [0.15, 0.2) is 24.3 Å². The molecule has 0 unspecified atom stereocenters. The molecule has 11 nitrogen and oxygen atoms in total. The molecule has 0 atom stereocenters. The largest absolute Gasteiger partial charge is 0.490 e. The lowest BCUT2D eigenvalue weighted by Crippen LogP contribution is -2.45. The van der Waals surface area contributed by atoms with Gasteiger partial charge in [0.2, 0.25) is 23.8 Å². The number of carbonyl (C=O) groups excluding carboxylic acids is 1. The second kappa shape index (κ2) is 14.7. The van der Waals surface area contributed by atoms with E-state index in [0.29, 0.717) is 30.7 Å². The van der Waals surface area contributed by atoms with Crippen molar-refractivity contribution in [2.24, 2.45) is 5.92 Å². The highest BCUT2D eigenvalue weighted by atomic mass is 19.4. The molecule has 2 aliphatic rings. The molecule has 17 heteroatoms. The van der Waals surface area contributed by atoms with Crippen molar-refractivity contribution in [2.75, 3.05) is 62.4 Å². The number of benzene rings is 1. The first-order chi connectivity index (χ1) is 20.6. The fraction of sp³-hybridized carbons (Fsp3) is 0.593. The molecule has 2 fully saturated rings. The SMILES string of the molecule is CNc1nc(N2CCN(C)CC2)nc(N(C)[C@H]2CC[C@@H](C(=O)NCc3ccccc3C(F)(F)F)CC2)n1.O=C(O)C(F)(F)F. The topological polar surface area (TPSA) is 127 Å². The van der Waals surface area contributed by atoms with Gasteiger partial charge < -0.3 is 30.4 Å². The number of aliphatic carboxylic acids is 1. The molecule has 0 bridgehead atoms. The van der Waals surface area contributed by atoms with Crippen LogP contribution in [-0.2, 0) is 22.3 Å². The molecule has 44 heavy (non-hydrogen) atoms. The van der Waals surface area contributed by atoms with Crippen LogP contribution in [0.3, 0.4) is 0 Å². The highest BCUT2D eigenvalue weighted by Gasteiger charge is 2.38. The van der Waals surface area contributed by atoms with Crippen LogP contribution in [0.2, 0.25) is 0 Å². The van der Waals surface area contributed by atoms with Crippen LogP contribution in [0.25, 0.3) is 0 Å². The number of carboxylic acid groups (broad SMARTS) is 1. The van der Waals surface area contributed by atoms with E-state index in [4.69, 9.17) is 14.9 Å². The number of aromatic nitrogens is 3. The lowest BCUT2D eigenvalue weighted by Gasteiger charge is -2.35. The van der Waals surface area contributed by atoms with Gasteiger partial charge in [-0.2, -0.15) is 41.3 Å². The van der Waals surface area contributed by atoms with Gasteiger partial charge in [-0.25, -0.2) is 4.79 Å². The van der Waals surface area contributed by atoms with Gasteiger partial charge in [0.25, 0.3) is 0 Å². The number of carboxylic acids is 1. The maximum Gasteiger partial charge on any atom is 0.490 e. The van der Waals surface area contributed by atoms with Gasteiger partial charge in [-0.1, -0.05) is 18.2 Å². The number of carbonyl (C=O) groups is 2. The fourth-order valence-electron chi connectivity index (χ4n) is 4.94. The van der Waals surface area contributed by atoms with E-state index in [0.717, 1.165) is 45.1 Å². The van der Waals surface area contributed by atoms with Crippen molar-refractivity contribution < 1.29 is 41.0 Å². The van der Waals surface area contributed by atoms with Crippen molar-refractivity contribution in [2.45, 2.75) is 50.6 Å². The van der Waals surface area contributed by atoms with Crippen LogP contribution in [0.4, 0.5) is 44.2 Å². The van der Waals surface area contributed by atoms with Gasteiger partial charge in [-0.05, 0) is 44.4 Å². The molecular formula is C27H36F6N8O3. The highest BCUT2D eigenvalue weighted by molar-refractivity contribution is 5.78. The molecule has 4 rings (SSSR count). The third kappa shape index (κ3) is 9.56. The van der Waals surface area contributed by atoms with E-state index in [2.05, 4.69) is 42.3 Å². The number of halogens is 6. The maximum absolute atomic E-state index is 13.2. The first-order valence-electron chi connectivity index (χ1n) is 13.9. The van der Waals surface area contributed by atoms with Crippen LogP contribution in [-0.4, -0.2) is 96.4 Å². The molecule has 244 valence electrons. The predicted molar refractivity (Wildman–Crippen MR) is 150 cm³/mol. The average molecular weight is 635 g/mol. The fourth-order valence-corrected chi connectivity index (χ4v) is 4.94. The summed E-state index contributed by atoms with van der Waals surface area (Å²) in [7, 11) is 5.84. The standard InChI is InChI=1S/C25H35F3N8O.C2HF3O2/c1-29-22-31-23(33-24(32-22)36-14-12-34(2)13-15-36)35(3)19-10-8-17(9-11-19)21(37)30-16-18-6-4-5-7-20(18)25(26,27)28;3-2(4,5)1(6)7/h4-7,17,19H,8-16H2,1-3H3,(H,30,37)(H,29,31,32,33);(H,6,7)/t17-,19+;. The minimum Gasteiger partial charge on any atom is -0.475 e. The van der Waals surface area contributed by atoms with Crippen LogP contribution >= 0.6 is 0 Å². The number of rotatable bonds is 7. The molecule has 2 aromatic rings. The molecule has 2 heterocycles. The third-order valence-electron chi connectivity index (χ3n) is 7.57. The zero-order valence-corrected chi connectivity index (χ0v) is 24.5. The van der Waals surface area contributed by atoms with Crippen molar-refractivity contribution in [3.8, 4) is 0 Å². The van der Waals surface area contributed by atoms with E-state index in [9.17, 15) is 31.1 Å². The van der Waals surface area contributed by atoms with Crippen molar-refractivity contribution >= 4 is 29.7 Å². The Labute approximate surface area is 250 Å². The molecule has 1 aliphatic carbocycles. The van der Waals surface area contributed by atoms with E-state index in [-0.39, 0.29) is 30.0 Å². The van der Waals surface area contributed by atoms with E-state index in [1.807, 2.05) is 7.05 Å². The molecule has 1 aromatic heterocycles. The number of alkyl halides is 6. The number of hydrogen-bond donors (Lipinski definition) is 3. The van der Waals surface area contributed by atoms with Crippen molar-refractivity contribution in [1.82, 2.24) is 25.2 Å². The summed E-state index contributed by atoms with van der Waals surface area (Å²) in [5.41, 5.74) is -0.641. The number of nitrogens with one attached hydrogen (secondary N) is 2. The molecule has 0 radical (unpaired) electrons. The molecule has 1 aromatic carbocycles. The quantitative estimate of drug-likeness (QED) is 0.389. The average Bonchev–Trinajstić information content (AvgIpc) is 2.99. The van der Waals surface area contributed by atoms with Gasteiger partial charge in [0.1, 0.15) is 0 Å². The van der Waals surface area contributed by atoms with Crippen LogP contribution in [0.1, 0.15) is 36.8 Å². The Morgan fingerprint density at radius 3 is 2.11 bits per heavy atom. The van der Waals surface area contributed by atoms with Crippen molar-refractivity contribution in [3.63, 3.8) is 0 Å². The van der Waals surface area contributed by atoms with Gasteiger partial charge in [-0.15, -0.1) is 0 Å². The molecule has 3 N–H and O–H groups in total. The van der Waals surface area contributed by atoms with Crippen molar-refractivity contribution in [3.05, 3.63) is 35.4 Å². The van der Waals surface area contributed by atoms with Crippen LogP contribution < -0.4 is 20.4 Å². The molecular weight excluding hydrogens is 598 g/mol. The normalized spacial score (nSPS) is 19.4. The summed E-state index contributed by atoms with van der Waals surface area (Å²) in [5, 5.41) is 12.9. The summed E-state index contributed by atoms with van der Waals surface area (Å²) in [5.74, 6) is -1.43. The number of piperazine rings is 1. The van der Waals surface area contributed by atoms with E-state index >= 15 is 0 Å². The summed E-state index contributed by atoms with van der Waals surface area (Å²) >= 11 is 0. The minimum atomic E-state index is -5.08. The first-order valence-corrected chi connectivity index (χ1v) is 13.9. The van der Waals surface area contributed by atoms with Crippen molar-refractivity contribution in [1.29, 1.82) is 0 Å². The van der Waals surface area contributed by atoms with E-state index < -0.39 is 23.9 Å². The van der Waals surface area contributed by atoms with E-state index in [1.54, 1.807) is 13.1 Å². The van der Waals surface area contributed by atoms with Gasteiger partial charge in [0.15, 0.2) is 0 Å². The lowest BCUT2D eigenvalue weighted by atomic mass is 9.85. The van der Waals surface area contributed by atoms with Crippen LogP contribution in [0.5, 0.6) is 0 Å². The Bertz CT molecular complexity index is 1260. The molecule has 1 saturated carbocycles. The second-order valence-corrected chi connectivity index (χ2v) is 10.6. The predicted octanol–water partition coefficient (Wildman–Crippen LogP) is 3.63. The minimum absolute atomic E-state index is 0.0723. The number of hydrogen-bond acceptors (Lipinski definition) is 9. The Morgan fingerprint density at radius 1 is 0.977 bits per heavy atom. The van der Waals surface area contributed by atoms with Gasteiger partial charge >= 0.3 is 18.3 Å². The first kappa shape index (κ1) is 34.6. The zero-order valence-electron chi connectivity index (χ0n) is 24.5. The highest BCUT2D eigenvalue weighted by Crippen LogP contribution is 2.33. The summed E-state index contributed by atoms with van der Waals surface area (Å²) in [6.45, 7) is 3.45. The van der Waals surface area contributed by atoms with Gasteiger partial charge in [0.05, 0.1) is 5.56 Å². The Hall–Kier alpha value is -3.89. The molecule has 0 spiro atoms.